The Labute approximate surface area is 91.0 Å². The lowest BCUT2D eigenvalue weighted by molar-refractivity contribution is -0.157. The first-order valence-electron chi connectivity index (χ1n) is 4.51. The van der Waals surface area contributed by atoms with Gasteiger partial charge in [0.2, 0.25) is 0 Å². The standard InChI is InChI=1S/C8H16O8/c9-1-3(11)5(13)7(15)8(16)6(14)4(12)2-10/h3,5-11,13-16H,1-2H2/t3-,5+,6-,7-,8+/m0/s1. The van der Waals surface area contributed by atoms with Crippen LogP contribution in [-0.4, -0.2) is 85.3 Å². The zero-order chi connectivity index (χ0) is 12.9. The van der Waals surface area contributed by atoms with Crippen LogP contribution in [0.15, 0.2) is 0 Å². The van der Waals surface area contributed by atoms with E-state index in [0.717, 1.165) is 0 Å². The van der Waals surface area contributed by atoms with Crippen molar-refractivity contribution < 1.29 is 40.5 Å². The third kappa shape index (κ3) is 3.76. The molecule has 0 aliphatic heterocycles. The first kappa shape index (κ1) is 15.4. The monoisotopic (exact) mass is 240 g/mol. The molecule has 0 amide bonds. The summed E-state index contributed by atoms with van der Waals surface area (Å²) in [5, 5.41) is 62.5. The minimum atomic E-state index is -2.08. The molecule has 0 aliphatic carbocycles. The highest BCUT2D eigenvalue weighted by molar-refractivity contribution is 5.84. The second-order valence-corrected chi connectivity index (χ2v) is 3.29. The summed E-state index contributed by atoms with van der Waals surface area (Å²) in [6, 6.07) is 0. The van der Waals surface area contributed by atoms with Crippen molar-refractivity contribution in [3.63, 3.8) is 0 Å². The van der Waals surface area contributed by atoms with E-state index in [1.807, 2.05) is 0 Å². The summed E-state index contributed by atoms with van der Waals surface area (Å²) < 4.78 is 0. The van der Waals surface area contributed by atoms with E-state index in [0.29, 0.717) is 0 Å². The SMILES string of the molecule is O=C(CO)[C@H](O)[C@@H](O)[C@@H](O)[C@H](O)[C@@H](O)CO. The normalized spacial score (nSPS) is 20.9. The van der Waals surface area contributed by atoms with Gasteiger partial charge in [0.15, 0.2) is 5.78 Å². The van der Waals surface area contributed by atoms with Gasteiger partial charge in [-0.05, 0) is 0 Å². The summed E-state index contributed by atoms with van der Waals surface area (Å²) in [5.74, 6) is -1.14. The molecule has 8 heteroatoms. The van der Waals surface area contributed by atoms with E-state index >= 15 is 0 Å². The fourth-order valence-corrected chi connectivity index (χ4v) is 1.01. The van der Waals surface area contributed by atoms with Crippen LogP contribution in [0.25, 0.3) is 0 Å². The Morgan fingerprint density at radius 2 is 1.38 bits per heavy atom. The molecule has 0 bridgehead atoms. The van der Waals surface area contributed by atoms with E-state index in [1.165, 1.54) is 0 Å². The van der Waals surface area contributed by atoms with Crippen molar-refractivity contribution in [2.45, 2.75) is 30.5 Å². The highest BCUT2D eigenvalue weighted by atomic mass is 16.4. The summed E-state index contributed by atoms with van der Waals surface area (Å²) in [7, 11) is 0. The lowest BCUT2D eigenvalue weighted by Crippen LogP contribution is -2.52. The molecule has 0 heterocycles. The Morgan fingerprint density at radius 3 is 1.75 bits per heavy atom. The van der Waals surface area contributed by atoms with E-state index in [1.54, 1.807) is 0 Å². The molecule has 16 heavy (non-hydrogen) atoms. The van der Waals surface area contributed by atoms with Crippen LogP contribution in [0.3, 0.4) is 0 Å². The molecule has 0 aromatic heterocycles. The van der Waals surface area contributed by atoms with Gasteiger partial charge in [-0.25, -0.2) is 0 Å². The Hall–Kier alpha value is -0.610. The largest absolute Gasteiger partial charge is 0.394 e. The first-order chi connectivity index (χ1) is 7.36. The van der Waals surface area contributed by atoms with Crippen LogP contribution in [0.1, 0.15) is 0 Å². The molecule has 96 valence electrons. The predicted octanol–water partition coefficient (Wildman–Crippen LogP) is -4.66. The van der Waals surface area contributed by atoms with Crippen molar-refractivity contribution in [1.29, 1.82) is 0 Å². The molecule has 0 saturated heterocycles. The van der Waals surface area contributed by atoms with Crippen molar-refractivity contribution in [2.75, 3.05) is 13.2 Å². The van der Waals surface area contributed by atoms with Gasteiger partial charge >= 0.3 is 0 Å². The Balaban J connectivity index is 4.47. The highest BCUT2D eigenvalue weighted by Crippen LogP contribution is 2.09. The zero-order valence-corrected chi connectivity index (χ0v) is 8.34. The average molecular weight is 240 g/mol. The second-order valence-electron chi connectivity index (χ2n) is 3.29. The van der Waals surface area contributed by atoms with Gasteiger partial charge < -0.3 is 35.7 Å². The molecule has 0 rings (SSSR count). The topological polar surface area (TPSA) is 159 Å². The van der Waals surface area contributed by atoms with Crippen molar-refractivity contribution in [1.82, 2.24) is 0 Å². The second kappa shape index (κ2) is 6.86. The van der Waals surface area contributed by atoms with Crippen molar-refractivity contribution in [3.8, 4) is 0 Å². The van der Waals surface area contributed by atoms with E-state index in [4.69, 9.17) is 25.5 Å². The minimum absolute atomic E-state index is 0.866. The number of ketones is 1. The fourth-order valence-electron chi connectivity index (χ4n) is 1.01. The number of rotatable bonds is 7. The summed E-state index contributed by atoms with van der Waals surface area (Å²) in [5.41, 5.74) is 0. The average Bonchev–Trinajstić information content (AvgIpc) is 2.32. The Bertz CT molecular complexity index is 220. The molecule has 0 radical (unpaired) electrons. The number of hydrogen-bond donors (Lipinski definition) is 7. The molecule has 0 spiro atoms. The summed E-state index contributed by atoms with van der Waals surface area (Å²) >= 11 is 0. The number of carbonyl (C=O) groups excluding carboxylic acids is 1. The smallest absolute Gasteiger partial charge is 0.189 e. The number of carbonyl (C=O) groups is 1. The van der Waals surface area contributed by atoms with Gasteiger partial charge in [-0.3, -0.25) is 4.79 Å². The first-order valence-corrected chi connectivity index (χ1v) is 4.51. The van der Waals surface area contributed by atoms with Crippen LogP contribution in [0, 0.1) is 0 Å². The van der Waals surface area contributed by atoms with Gasteiger partial charge in [-0.2, -0.15) is 0 Å². The molecule has 0 aliphatic rings. The van der Waals surface area contributed by atoms with E-state index < -0.39 is 49.5 Å². The van der Waals surface area contributed by atoms with Gasteiger partial charge in [0.1, 0.15) is 37.1 Å². The van der Waals surface area contributed by atoms with Crippen molar-refractivity contribution in [2.24, 2.45) is 0 Å². The van der Waals surface area contributed by atoms with Gasteiger partial charge in [-0.15, -0.1) is 0 Å². The van der Waals surface area contributed by atoms with E-state index in [-0.39, 0.29) is 0 Å². The molecule has 0 aromatic carbocycles. The van der Waals surface area contributed by atoms with E-state index in [2.05, 4.69) is 0 Å². The van der Waals surface area contributed by atoms with Gasteiger partial charge in [0.25, 0.3) is 0 Å². The molecule has 0 saturated carbocycles. The van der Waals surface area contributed by atoms with Crippen molar-refractivity contribution >= 4 is 5.78 Å². The van der Waals surface area contributed by atoms with Crippen LogP contribution in [0.2, 0.25) is 0 Å². The third-order valence-electron chi connectivity index (χ3n) is 2.09. The molecule has 0 fully saturated rings. The maximum Gasteiger partial charge on any atom is 0.189 e. The lowest BCUT2D eigenvalue weighted by atomic mass is 9.97. The van der Waals surface area contributed by atoms with Crippen molar-refractivity contribution in [3.05, 3.63) is 0 Å². The quantitative estimate of drug-likeness (QED) is 0.234. The molecule has 0 aromatic rings. The predicted molar refractivity (Wildman–Crippen MR) is 49.2 cm³/mol. The van der Waals surface area contributed by atoms with Crippen LogP contribution in [0.5, 0.6) is 0 Å². The highest BCUT2D eigenvalue weighted by Gasteiger charge is 2.36. The number of Topliss-reactive ketones (excluding diaryl/α,β-unsaturated/α-hetero) is 1. The minimum Gasteiger partial charge on any atom is -0.394 e. The molecular formula is C8H16O8. The molecular weight excluding hydrogens is 224 g/mol. The zero-order valence-electron chi connectivity index (χ0n) is 8.34. The summed E-state index contributed by atoms with van der Waals surface area (Å²) in [6.45, 7) is -1.90. The van der Waals surface area contributed by atoms with Gasteiger partial charge in [0.05, 0.1) is 6.61 Å². The molecule has 7 N–H and O–H groups in total. The Kier molecular flexibility index (Phi) is 6.60. The third-order valence-corrected chi connectivity index (χ3v) is 2.09. The van der Waals surface area contributed by atoms with Crippen LogP contribution in [-0.2, 0) is 4.79 Å². The van der Waals surface area contributed by atoms with Crippen LogP contribution >= 0.6 is 0 Å². The van der Waals surface area contributed by atoms with Crippen LogP contribution in [0.4, 0.5) is 0 Å². The maximum absolute atomic E-state index is 10.8. The molecule has 5 atom stereocenters. The number of hydrogen-bond acceptors (Lipinski definition) is 8. The van der Waals surface area contributed by atoms with Gasteiger partial charge in [0, 0.05) is 0 Å². The summed E-state index contributed by atoms with van der Waals surface area (Å²) in [6.07, 6.45) is -9.84. The number of aliphatic hydroxyl groups is 7. The van der Waals surface area contributed by atoms with E-state index in [9.17, 15) is 15.0 Å². The van der Waals surface area contributed by atoms with Crippen LogP contribution < -0.4 is 0 Å². The number of aliphatic hydroxyl groups excluding tert-OH is 7. The van der Waals surface area contributed by atoms with Gasteiger partial charge in [-0.1, -0.05) is 0 Å². The maximum atomic E-state index is 10.8. The Morgan fingerprint density at radius 1 is 0.875 bits per heavy atom. The molecule has 0 unspecified atom stereocenters. The summed E-state index contributed by atoms with van der Waals surface area (Å²) in [4.78, 5) is 10.8. The molecule has 8 nitrogen and oxygen atoms in total. The lowest BCUT2D eigenvalue weighted by Gasteiger charge is -2.27. The fraction of sp³-hybridized carbons (Fsp3) is 0.875.